The lowest BCUT2D eigenvalue weighted by molar-refractivity contribution is -0.159. The summed E-state index contributed by atoms with van der Waals surface area (Å²) in [7, 11) is 0. The second-order valence-electron chi connectivity index (χ2n) is 13.8. The van der Waals surface area contributed by atoms with Crippen LogP contribution in [-0.4, -0.2) is 56.8 Å². The summed E-state index contributed by atoms with van der Waals surface area (Å²) in [5, 5.41) is 28.9. The number of nitrogens with one attached hydrogen (secondary N) is 2. The molecule has 1 heterocycles. The first-order chi connectivity index (χ1) is 20.5. The number of allylic oxidation sites excluding steroid dienone is 2. The second kappa shape index (κ2) is 10.9. The smallest absolute Gasteiger partial charge is 0.326 e. The molecule has 0 aliphatic heterocycles. The third kappa shape index (κ3) is 4.89. The van der Waals surface area contributed by atoms with Crippen LogP contribution in [0.2, 0.25) is 0 Å². The molecule has 230 valence electrons. The van der Waals surface area contributed by atoms with Gasteiger partial charge in [-0.1, -0.05) is 42.8 Å². The lowest BCUT2D eigenvalue weighted by Crippen LogP contribution is -2.57. The fourth-order valence-corrected chi connectivity index (χ4v) is 9.37. The molecule has 0 bridgehead atoms. The number of ketones is 1. The molecular formula is C34H43N3O6. The molecule has 9 heteroatoms. The van der Waals surface area contributed by atoms with Crippen molar-refractivity contribution in [3.05, 3.63) is 47.7 Å². The van der Waals surface area contributed by atoms with Gasteiger partial charge in [0.05, 0.1) is 5.71 Å². The van der Waals surface area contributed by atoms with Crippen molar-refractivity contribution in [2.75, 3.05) is 6.61 Å². The van der Waals surface area contributed by atoms with Crippen molar-refractivity contribution < 1.29 is 29.4 Å². The maximum atomic E-state index is 12.6. The number of carbonyl (C=O) groups is 3. The van der Waals surface area contributed by atoms with Gasteiger partial charge in [0.25, 0.3) is 5.91 Å². The van der Waals surface area contributed by atoms with E-state index in [4.69, 9.17) is 4.84 Å². The number of carboxylic acid groups (broad SMARTS) is 1. The summed E-state index contributed by atoms with van der Waals surface area (Å²) < 4.78 is 0. The van der Waals surface area contributed by atoms with Gasteiger partial charge >= 0.3 is 5.97 Å². The zero-order chi connectivity index (χ0) is 30.6. The molecule has 6 rings (SSSR count). The number of Topliss-reactive ketones (excluding diaryl/α,β-unsaturated/α-hetero) is 1. The Morgan fingerprint density at radius 2 is 1.86 bits per heavy atom. The van der Waals surface area contributed by atoms with Crippen LogP contribution in [0.15, 0.2) is 47.3 Å². The van der Waals surface area contributed by atoms with Gasteiger partial charge in [-0.15, -0.1) is 0 Å². The number of oxime groups is 1. The molecule has 4 aliphatic rings. The fourth-order valence-electron chi connectivity index (χ4n) is 9.37. The van der Waals surface area contributed by atoms with Crippen molar-refractivity contribution in [1.82, 2.24) is 10.3 Å². The van der Waals surface area contributed by atoms with Gasteiger partial charge < -0.3 is 25.4 Å². The van der Waals surface area contributed by atoms with Crippen molar-refractivity contribution in [3.8, 4) is 0 Å². The summed E-state index contributed by atoms with van der Waals surface area (Å²) in [4.78, 5) is 45.6. The predicted octanol–water partition coefficient (Wildman–Crippen LogP) is 4.94. The van der Waals surface area contributed by atoms with E-state index in [2.05, 4.69) is 35.4 Å². The number of benzene rings is 1. The first-order valence-electron chi connectivity index (χ1n) is 15.7. The first kappa shape index (κ1) is 29.6. The number of aromatic amines is 1. The van der Waals surface area contributed by atoms with E-state index in [0.717, 1.165) is 67.1 Å². The molecule has 1 amide bonds. The number of hydrogen-bond donors (Lipinski definition) is 4. The minimum atomic E-state index is -1.20. The minimum absolute atomic E-state index is 0.0503. The molecule has 3 saturated carbocycles. The van der Waals surface area contributed by atoms with Crippen LogP contribution >= 0.6 is 0 Å². The molecule has 1 aromatic carbocycles. The van der Waals surface area contributed by atoms with Gasteiger partial charge in [-0.05, 0) is 99.2 Å². The number of hydrogen-bond acceptors (Lipinski definition) is 6. The largest absolute Gasteiger partial charge is 0.480 e. The third-order valence-electron chi connectivity index (χ3n) is 11.8. The van der Waals surface area contributed by atoms with Gasteiger partial charge in [0, 0.05) is 28.9 Å². The summed E-state index contributed by atoms with van der Waals surface area (Å²) in [6, 6.07) is 6.56. The highest BCUT2D eigenvalue weighted by Gasteiger charge is 2.65. The topological polar surface area (TPSA) is 141 Å². The number of carboxylic acids is 1. The van der Waals surface area contributed by atoms with Gasteiger partial charge in [-0.3, -0.25) is 9.59 Å². The number of aliphatic carboxylic acids is 1. The summed E-state index contributed by atoms with van der Waals surface area (Å²) >= 11 is 0. The average Bonchev–Trinajstić information content (AvgIpc) is 3.51. The molecule has 4 aliphatic carbocycles. The Hall–Kier alpha value is -3.46. The van der Waals surface area contributed by atoms with Gasteiger partial charge in [0.15, 0.2) is 12.4 Å². The Balaban J connectivity index is 1.07. The Morgan fingerprint density at radius 3 is 2.63 bits per heavy atom. The molecule has 0 spiro atoms. The molecule has 4 N–H and O–H groups in total. The normalized spacial score (nSPS) is 34.9. The Morgan fingerprint density at radius 1 is 1.09 bits per heavy atom. The number of H-pyrrole nitrogens is 1. The Kier molecular flexibility index (Phi) is 7.51. The van der Waals surface area contributed by atoms with Crippen molar-refractivity contribution in [2.24, 2.45) is 33.7 Å². The van der Waals surface area contributed by atoms with Gasteiger partial charge in [0.1, 0.15) is 11.6 Å². The number of carbonyl (C=O) groups excluding carboxylic acids is 2. The summed E-state index contributed by atoms with van der Waals surface area (Å²) in [5.41, 5.74) is 2.42. The average molecular weight is 590 g/mol. The summed E-state index contributed by atoms with van der Waals surface area (Å²) in [6.07, 6.45) is 11.1. The van der Waals surface area contributed by atoms with Crippen LogP contribution in [0.1, 0.15) is 77.7 Å². The monoisotopic (exact) mass is 589 g/mol. The highest BCUT2D eigenvalue weighted by molar-refractivity contribution is 5.96. The summed E-state index contributed by atoms with van der Waals surface area (Å²) in [6.45, 7) is 5.71. The third-order valence-corrected chi connectivity index (χ3v) is 11.8. The lowest BCUT2D eigenvalue weighted by atomic mass is 9.46. The SMILES string of the molecule is CC(=O)[C@]1(O)CC[C@@H]2[C@H]3CCC4=C/C(=N\OCC(=O)N[C@H](Cc5c[nH]c6ccccc56)C(=O)O)CC[C@]4(C)[C@@H]3CC[C@@]21C. The van der Waals surface area contributed by atoms with Crippen LogP contribution in [0.4, 0.5) is 0 Å². The Bertz CT molecular complexity index is 1510. The minimum Gasteiger partial charge on any atom is -0.480 e. The maximum absolute atomic E-state index is 12.6. The number of aliphatic hydroxyl groups is 1. The molecule has 43 heavy (non-hydrogen) atoms. The van der Waals surface area contributed by atoms with E-state index in [1.165, 1.54) is 5.57 Å². The fraction of sp³-hybridized carbons (Fsp3) is 0.588. The van der Waals surface area contributed by atoms with E-state index in [-0.39, 0.29) is 29.6 Å². The van der Waals surface area contributed by atoms with Crippen LogP contribution in [-0.2, 0) is 25.6 Å². The van der Waals surface area contributed by atoms with Crippen molar-refractivity contribution in [1.29, 1.82) is 0 Å². The van der Waals surface area contributed by atoms with Crippen LogP contribution in [0.5, 0.6) is 0 Å². The molecule has 0 saturated heterocycles. The summed E-state index contributed by atoms with van der Waals surface area (Å²) in [5.74, 6) is -0.349. The number of amides is 1. The van der Waals surface area contributed by atoms with Gasteiger partial charge in [-0.25, -0.2) is 4.79 Å². The molecule has 9 nitrogen and oxygen atoms in total. The van der Waals surface area contributed by atoms with Gasteiger partial charge in [-0.2, -0.15) is 0 Å². The Labute approximate surface area is 252 Å². The highest BCUT2D eigenvalue weighted by atomic mass is 16.6. The molecule has 2 aromatic rings. The van der Waals surface area contributed by atoms with E-state index in [1.54, 1.807) is 13.1 Å². The lowest BCUT2D eigenvalue weighted by Gasteiger charge is -2.59. The standard InChI is InChI=1S/C34H43N3O6/c1-20(38)34(42)15-12-27-25-9-8-22-17-23(10-13-32(22,2)26(25)11-14-33(27,34)3)37-43-19-30(39)36-29(31(40)41)16-21-18-35-28-7-5-4-6-24(21)28/h4-7,17-18,25-27,29,35,42H,8-16,19H2,1-3H3,(H,36,39)(H,40,41)/b37-23-/t25-,26+,27+,29+,32-,33-,34+/m0/s1. The maximum Gasteiger partial charge on any atom is 0.326 e. The van der Waals surface area contributed by atoms with Crippen LogP contribution in [0.3, 0.4) is 0 Å². The molecule has 7 atom stereocenters. The van der Waals surface area contributed by atoms with Gasteiger partial charge in [0.2, 0.25) is 0 Å². The molecule has 3 fully saturated rings. The van der Waals surface area contributed by atoms with Crippen molar-refractivity contribution in [3.63, 3.8) is 0 Å². The molecule has 1 aromatic heterocycles. The predicted molar refractivity (Wildman–Crippen MR) is 162 cm³/mol. The van der Waals surface area contributed by atoms with Crippen molar-refractivity contribution in [2.45, 2.75) is 90.2 Å². The molecular weight excluding hydrogens is 546 g/mol. The zero-order valence-electron chi connectivity index (χ0n) is 25.3. The van der Waals surface area contributed by atoms with Crippen LogP contribution in [0.25, 0.3) is 10.9 Å². The van der Waals surface area contributed by atoms with Crippen LogP contribution < -0.4 is 5.32 Å². The quantitative estimate of drug-likeness (QED) is 0.322. The zero-order valence-corrected chi connectivity index (χ0v) is 25.3. The van der Waals surface area contributed by atoms with E-state index in [1.807, 2.05) is 24.3 Å². The number of fused-ring (bicyclic) bond motifs is 6. The highest BCUT2D eigenvalue weighted by Crippen LogP contribution is 2.67. The van der Waals surface area contributed by atoms with Crippen LogP contribution in [0, 0.1) is 28.6 Å². The van der Waals surface area contributed by atoms with E-state index in [9.17, 15) is 24.6 Å². The number of para-hydroxylation sites is 1. The van der Waals surface area contributed by atoms with Crippen molar-refractivity contribution >= 4 is 34.3 Å². The number of aromatic nitrogens is 1. The van der Waals surface area contributed by atoms with E-state index >= 15 is 0 Å². The van der Waals surface area contributed by atoms with E-state index < -0.39 is 23.5 Å². The number of nitrogens with zero attached hydrogens (tertiary/aromatic N) is 1. The number of rotatable bonds is 8. The second-order valence-corrected chi connectivity index (χ2v) is 13.8. The molecule has 0 radical (unpaired) electrons. The van der Waals surface area contributed by atoms with E-state index in [0.29, 0.717) is 24.2 Å². The molecule has 0 unspecified atom stereocenters. The first-order valence-corrected chi connectivity index (χ1v) is 15.7.